The average Bonchev–Trinajstić information content (AvgIpc) is 3.01. The van der Waals surface area contributed by atoms with Crippen molar-refractivity contribution in [3.8, 4) is 0 Å². The molecule has 0 atom stereocenters. The maximum Gasteiger partial charge on any atom is 0.227 e. The van der Waals surface area contributed by atoms with Crippen molar-refractivity contribution in [3.05, 3.63) is 22.4 Å². The molecule has 4 heteroatoms. The highest BCUT2D eigenvalue weighted by Gasteiger charge is 2.40. The van der Waals surface area contributed by atoms with Crippen molar-refractivity contribution in [2.45, 2.75) is 25.7 Å². The number of likely N-dealkylation sites (tertiary alicyclic amines) is 1. The van der Waals surface area contributed by atoms with E-state index in [1.165, 1.54) is 19.3 Å². The molecule has 18 heavy (non-hydrogen) atoms. The highest BCUT2D eigenvalue weighted by molar-refractivity contribution is 7.07. The lowest BCUT2D eigenvalue weighted by molar-refractivity contribution is -0.129. The number of thiophene rings is 1. The van der Waals surface area contributed by atoms with Crippen molar-refractivity contribution in [1.82, 2.24) is 10.2 Å². The molecule has 0 radical (unpaired) electrons. The van der Waals surface area contributed by atoms with E-state index in [4.69, 9.17) is 0 Å². The summed E-state index contributed by atoms with van der Waals surface area (Å²) in [5.41, 5.74) is 1.59. The molecule has 3 nitrogen and oxygen atoms in total. The van der Waals surface area contributed by atoms with Gasteiger partial charge in [-0.05, 0) is 60.2 Å². The molecule has 3 rings (SSSR count). The molecule has 3 heterocycles. The molecule has 2 saturated heterocycles. The second-order valence-electron chi connectivity index (χ2n) is 5.62. The zero-order valence-electron chi connectivity index (χ0n) is 10.7. The zero-order chi connectivity index (χ0) is 12.4. The van der Waals surface area contributed by atoms with Crippen LogP contribution in [-0.4, -0.2) is 37.0 Å². The molecule has 1 spiro atoms. The minimum absolute atomic E-state index is 0.309. The standard InChI is InChI=1S/C14H20N2OS/c17-13(9-12-1-8-18-10-12)16-7-4-14(11-16)2-5-15-6-3-14/h1,8,10,15H,2-7,9,11H2. The summed E-state index contributed by atoms with van der Waals surface area (Å²) in [6.07, 6.45) is 4.24. The van der Waals surface area contributed by atoms with Crippen LogP contribution in [0.5, 0.6) is 0 Å². The van der Waals surface area contributed by atoms with Gasteiger partial charge >= 0.3 is 0 Å². The van der Waals surface area contributed by atoms with Crippen LogP contribution in [0.4, 0.5) is 0 Å². The van der Waals surface area contributed by atoms with Crippen LogP contribution in [0.2, 0.25) is 0 Å². The Morgan fingerprint density at radius 3 is 2.94 bits per heavy atom. The molecule has 0 saturated carbocycles. The number of hydrogen-bond donors (Lipinski definition) is 1. The largest absolute Gasteiger partial charge is 0.342 e. The summed E-state index contributed by atoms with van der Waals surface area (Å²) in [6, 6.07) is 2.05. The monoisotopic (exact) mass is 264 g/mol. The van der Waals surface area contributed by atoms with E-state index in [1.54, 1.807) is 11.3 Å². The lowest BCUT2D eigenvalue weighted by Gasteiger charge is -2.33. The van der Waals surface area contributed by atoms with Crippen molar-refractivity contribution in [2.75, 3.05) is 26.2 Å². The van der Waals surface area contributed by atoms with E-state index in [9.17, 15) is 4.79 Å². The Morgan fingerprint density at radius 2 is 2.22 bits per heavy atom. The summed E-state index contributed by atoms with van der Waals surface area (Å²) in [6.45, 7) is 4.18. The molecular weight excluding hydrogens is 244 g/mol. The Labute approximate surface area is 112 Å². The second-order valence-corrected chi connectivity index (χ2v) is 6.40. The van der Waals surface area contributed by atoms with Crippen LogP contribution in [-0.2, 0) is 11.2 Å². The van der Waals surface area contributed by atoms with E-state index in [0.717, 1.165) is 31.7 Å². The Kier molecular flexibility index (Phi) is 3.39. The lowest BCUT2D eigenvalue weighted by atomic mass is 9.78. The number of nitrogens with zero attached hydrogens (tertiary/aromatic N) is 1. The minimum atomic E-state index is 0.309. The van der Waals surface area contributed by atoms with Crippen LogP contribution in [0.25, 0.3) is 0 Å². The molecule has 0 bridgehead atoms. The number of piperidine rings is 1. The van der Waals surface area contributed by atoms with Gasteiger partial charge in [-0.25, -0.2) is 0 Å². The fourth-order valence-corrected chi connectivity index (χ4v) is 3.86. The molecule has 1 aromatic heterocycles. The van der Waals surface area contributed by atoms with Gasteiger partial charge in [0, 0.05) is 13.1 Å². The van der Waals surface area contributed by atoms with Crippen molar-refractivity contribution < 1.29 is 4.79 Å². The third-order valence-electron chi connectivity index (χ3n) is 4.39. The molecule has 1 amide bonds. The van der Waals surface area contributed by atoms with E-state index in [-0.39, 0.29) is 0 Å². The van der Waals surface area contributed by atoms with Crippen LogP contribution in [0.3, 0.4) is 0 Å². The zero-order valence-corrected chi connectivity index (χ0v) is 11.5. The molecule has 1 aromatic rings. The summed E-state index contributed by atoms with van der Waals surface area (Å²) in [5, 5.41) is 7.53. The first-order valence-corrected chi connectivity index (χ1v) is 7.71. The molecular formula is C14H20N2OS. The van der Waals surface area contributed by atoms with E-state index in [2.05, 4.69) is 21.7 Å². The topological polar surface area (TPSA) is 32.3 Å². The van der Waals surface area contributed by atoms with Crippen molar-refractivity contribution >= 4 is 17.2 Å². The predicted octanol–water partition coefficient (Wildman–Crippen LogP) is 1.89. The maximum absolute atomic E-state index is 12.3. The SMILES string of the molecule is O=C(Cc1ccsc1)N1CCC2(CCNCC2)C1. The fourth-order valence-electron chi connectivity index (χ4n) is 3.19. The molecule has 0 unspecified atom stereocenters. The van der Waals surface area contributed by atoms with Crippen molar-refractivity contribution in [1.29, 1.82) is 0 Å². The molecule has 1 N–H and O–H groups in total. The van der Waals surface area contributed by atoms with Crippen LogP contribution in [0, 0.1) is 5.41 Å². The molecule has 0 aliphatic carbocycles. The van der Waals surface area contributed by atoms with Gasteiger partial charge in [0.2, 0.25) is 5.91 Å². The first kappa shape index (κ1) is 12.2. The van der Waals surface area contributed by atoms with Gasteiger partial charge in [-0.1, -0.05) is 0 Å². The van der Waals surface area contributed by atoms with E-state index < -0.39 is 0 Å². The summed E-state index contributed by atoms with van der Waals surface area (Å²) in [4.78, 5) is 14.3. The Bertz CT molecular complexity index is 409. The summed E-state index contributed by atoms with van der Waals surface area (Å²) in [7, 11) is 0. The Morgan fingerprint density at radius 1 is 1.39 bits per heavy atom. The lowest BCUT2D eigenvalue weighted by Crippen LogP contribution is -2.40. The average molecular weight is 264 g/mol. The van der Waals surface area contributed by atoms with Gasteiger partial charge in [0.1, 0.15) is 0 Å². The van der Waals surface area contributed by atoms with E-state index >= 15 is 0 Å². The van der Waals surface area contributed by atoms with E-state index in [0.29, 0.717) is 17.7 Å². The third-order valence-corrected chi connectivity index (χ3v) is 5.12. The van der Waals surface area contributed by atoms with E-state index in [1.807, 2.05) is 5.38 Å². The van der Waals surface area contributed by atoms with Crippen molar-refractivity contribution in [3.63, 3.8) is 0 Å². The van der Waals surface area contributed by atoms with Gasteiger partial charge in [-0.15, -0.1) is 0 Å². The summed E-state index contributed by atoms with van der Waals surface area (Å²) in [5.74, 6) is 0.309. The van der Waals surface area contributed by atoms with Gasteiger partial charge in [0.25, 0.3) is 0 Å². The second kappa shape index (κ2) is 5.02. The molecule has 0 aromatic carbocycles. The highest BCUT2D eigenvalue weighted by Crippen LogP contribution is 2.38. The number of carbonyl (C=O) groups is 1. The normalized spacial score (nSPS) is 22.6. The van der Waals surface area contributed by atoms with Crippen LogP contribution in [0.1, 0.15) is 24.8 Å². The van der Waals surface area contributed by atoms with Crippen LogP contribution >= 0.6 is 11.3 Å². The first-order valence-electron chi connectivity index (χ1n) is 6.77. The summed E-state index contributed by atoms with van der Waals surface area (Å²) < 4.78 is 0. The minimum Gasteiger partial charge on any atom is -0.342 e. The molecule has 2 fully saturated rings. The van der Waals surface area contributed by atoms with Crippen molar-refractivity contribution in [2.24, 2.45) is 5.41 Å². The Balaban J connectivity index is 1.59. The number of amides is 1. The number of nitrogens with one attached hydrogen (secondary N) is 1. The van der Waals surface area contributed by atoms with Crippen LogP contribution < -0.4 is 5.32 Å². The molecule has 98 valence electrons. The van der Waals surface area contributed by atoms with Gasteiger partial charge < -0.3 is 10.2 Å². The fraction of sp³-hybridized carbons (Fsp3) is 0.643. The van der Waals surface area contributed by atoms with Gasteiger partial charge in [-0.3, -0.25) is 4.79 Å². The maximum atomic E-state index is 12.3. The molecule has 2 aliphatic heterocycles. The molecule has 2 aliphatic rings. The number of hydrogen-bond acceptors (Lipinski definition) is 3. The van der Waals surface area contributed by atoms with Gasteiger partial charge in [0.05, 0.1) is 6.42 Å². The number of carbonyl (C=O) groups excluding carboxylic acids is 1. The Hall–Kier alpha value is -0.870. The van der Waals surface area contributed by atoms with Crippen LogP contribution in [0.15, 0.2) is 16.8 Å². The number of rotatable bonds is 2. The summed E-state index contributed by atoms with van der Waals surface area (Å²) >= 11 is 1.67. The van der Waals surface area contributed by atoms with Gasteiger partial charge in [0.15, 0.2) is 0 Å². The predicted molar refractivity (Wildman–Crippen MR) is 73.8 cm³/mol. The quantitative estimate of drug-likeness (QED) is 0.885. The first-order chi connectivity index (χ1) is 8.77. The third kappa shape index (κ3) is 2.45. The highest BCUT2D eigenvalue weighted by atomic mass is 32.1. The smallest absolute Gasteiger partial charge is 0.227 e. The van der Waals surface area contributed by atoms with Gasteiger partial charge in [-0.2, -0.15) is 11.3 Å².